The van der Waals surface area contributed by atoms with Gasteiger partial charge in [0.25, 0.3) is 11.8 Å². The number of anilines is 1. The highest BCUT2D eigenvalue weighted by Crippen LogP contribution is 2.34. The first-order valence-corrected chi connectivity index (χ1v) is 11.7. The number of aliphatic hydroxyl groups is 1. The molecule has 0 saturated carbocycles. The zero-order valence-electron chi connectivity index (χ0n) is 19.7. The van der Waals surface area contributed by atoms with E-state index in [1.807, 2.05) is 0 Å². The van der Waals surface area contributed by atoms with Crippen LogP contribution in [-0.4, -0.2) is 50.9 Å². The van der Waals surface area contributed by atoms with E-state index in [-0.39, 0.29) is 30.6 Å². The summed E-state index contributed by atoms with van der Waals surface area (Å²) in [6.45, 7) is 3.09. The van der Waals surface area contributed by atoms with E-state index in [0.29, 0.717) is 32.6 Å². The second-order valence-electron chi connectivity index (χ2n) is 8.75. The standard InChI is InChI=1S/C25H23Cl2N5O4/c1-25(2,35)10-9-14-7-8-20-18(11-14)31(3)24(34)19(13-36-20)32-21(29-23(30-32)22(28)33)12-15-16(26)5-4-6-17(15)27/h4-8,11,19,35H,12-13H2,1-3H3,(H2,28,33)/t19-/m0/s1. The molecular formula is C25H23Cl2N5O4. The number of benzene rings is 2. The Bertz CT molecular complexity index is 1400. The minimum atomic E-state index is -1.16. The SMILES string of the molecule is CN1C(=O)[C@@H](n2nc(C(N)=O)nc2Cc2c(Cl)cccc2Cl)COc2ccc(C#CC(C)(C)O)cc21. The monoisotopic (exact) mass is 527 g/mol. The first-order chi connectivity index (χ1) is 16.9. The maximum Gasteiger partial charge on any atom is 0.288 e. The minimum absolute atomic E-state index is 0.0737. The molecule has 11 heteroatoms. The van der Waals surface area contributed by atoms with Crippen LogP contribution < -0.4 is 15.4 Å². The molecule has 9 nitrogen and oxygen atoms in total. The highest BCUT2D eigenvalue weighted by atomic mass is 35.5. The molecule has 36 heavy (non-hydrogen) atoms. The molecule has 1 aliphatic rings. The largest absolute Gasteiger partial charge is 0.489 e. The average Bonchev–Trinajstić information content (AvgIpc) is 3.18. The van der Waals surface area contributed by atoms with Gasteiger partial charge in [0, 0.05) is 29.1 Å². The fraction of sp³-hybridized carbons (Fsp3) is 0.280. The van der Waals surface area contributed by atoms with Crippen molar-refractivity contribution in [1.82, 2.24) is 14.8 Å². The average molecular weight is 528 g/mol. The van der Waals surface area contributed by atoms with Crippen molar-refractivity contribution in [2.75, 3.05) is 18.6 Å². The van der Waals surface area contributed by atoms with E-state index in [2.05, 4.69) is 21.9 Å². The molecule has 0 spiro atoms. The third-order valence-electron chi connectivity index (χ3n) is 5.46. The maximum atomic E-state index is 13.6. The summed E-state index contributed by atoms with van der Waals surface area (Å²) in [5, 5.41) is 14.9. The van der Waals surface area contributed by atoms with Crippen LogP contribution in [0.25, 0.3) is 0 Å². The molecule has 3 aromatic rings. The summed E-state index contributed by atoms with van der Waals surface area (Å²) in [5.74, 6) is 4.95. The molecule has 2 amide bonds. The second kappa shape index (κ2) is 9.82. The highest BCUT2D eigenvalue weighted by molar-refractivity contribution is 6.36. The lowest BCUT2D eigenvalue weighted by Crippen LogP contribution is -2.36. The number of hydrogen-bond acceptors (Lipinski definition) is 6. The summed E-state index contributed by atoms with van der Waals surface area (Å²) in [6, 6.07) is 9.27. The van der Waals surface area contributed by atoms with Gasteiger partial charge in [-0.3, -0.25) is 9.59 Å². The number of nitrogens with zero attached hydrogens (tertiary/aromatic N) is 4. The Hall–Kier alpha value is -3.58. The molecule has 0 radical (unpaired) electrons. The van der Waals surface area contributed by atoms with Crippen molar-refractivity contribution in [2.24, 2.45) is 5.73 Å². The summed E-state index contributed by atoms with van der Waals surface area (Å²) in [6.07, 6.45) is 0.107. The van der Waals surface area contributed by atoms with Gasteiger partial charge in [0.05, 0.1) is 5.69 Å². The van der Waals surface area contributed by atoms with Gasteiger partial charge in [-0.25, -0.2) is 9.67 Å². The minimum Gasteiger partial charge on any atom is -0.489 e. The van der Waals surface area contributed by atoms with Gasteiger partial charge in [0.1, 0.15) is 23.8 Å². The van der Waals surface area contributed by atoms with Crippen molar-refractivity contribution in [3.05, 3.63) is 69.2 Å². The lowest BCUT2D eigenvalue weighted by molar-refractivity contribution is -0.122. The van der Waals surface area contributed by atoms with Crippen LogP contribution in [0.5, 0.6) is 5.75 Å². The van der Waals surface area contributed by atoms with Crippen LogP contribution in [0.4, 0.5) is 5.69 Å². The number of nitrogens with two attached hydrogens (primary N) is 1. The fourth-order valence-corrected chi connectivity index (χ4v) is 4.18. The van der Waals surface area contributed by atoms with Crippen LogP contribution >= 0.6 is 23.2 Å². The Balaban J connectivity index is 1.72. The lowest BCUT2D eigenvalue weighted by Gasteiger charge is -2.21. The Kier molecular flexibility index (Phi) is 6.96. The van der Waals surface area contributed by atoms with E-state index < -0.39 is 17.6 Å². The van der Waals surface area contributed by atoms with Crippen molar-refractivity contribution >= 4 is 40.7 Å². The fourth-order valence-electron chi connectivity index (χ4n) is 3.65. The zero-order valence-corrected chi connectivity index (χ0v) is 21.3. The highest BCUT2D eigenvalue weighted by Gasteiger charge is 2.34. The van der Waals surface area contributed by atoms with Gasteiger partial charge in [0.15, 0.2) is 6.04 Å². The van der Waals surface area contributed by atoms with Gasteiger partial charge in [-0.05, 0) is 49.7 Å². The molecule has 0 saturated heterocycles. The van der Waals surface area contributed by atoms with Gasteiger partial charge in [-0.1, -0.05) is 41.1 Å². The zero-order chi connectivity index (χ0) is 26.2. The molecule has 0 bridgehead atoms. The molecule has 1 aliphatic heterocycles. The molecule has 3 N–H and O–H groups in total. The summed E-state index contributed by atoms with van der Waals surface area (Å²) >= 11 is 12.7. The number of fused-ring (bicyclic) bond motifs is 1. The second-order valence-corrected chi connectivity index (χ2v) is 9.57. The molecule has 0 aliphatic carbocycles. The molecule has 186 valence electrons. The number of primary amides is 1. The molecular weight excluding hydrogens is 505 g/mol. The number of carbonyl (C=O) groups excluding carboxylic acids is 2. The number of likely N-dealkylation sites (N-methyl/N-ethyl adjacent to an activating group) is 1. The van der Waals surface area contributed by atoms with Crippen LogP contribution in [0.1, 0.15) is 47.5 Å². The van der Waals surface area contributed by atoms with Crippen molar-refractivity contribution in [3.63, 3.8) is 0 Å². The number of ether oxygens (including phenoxy) is 1. The molecule has 1 atom stereocenters. The Morgan fingerprint density at radius 1 is 1.28 bits per heavy atom. The topological polar surface area (TPSA) is 124 Å². The summed E-state index contributed by atoms with van der Waals surface area (Å²) in [5.41, 5.74) is 5.93. The van der Waals surface area contributed by atoms with E-state index in [1.54, 1.807) is 57.3 Å². The van der Waals surface area contributed by atoms with Gasteiger partial charge < -0.3 is 20.5 Å². The first-order valence-electron chi connectivity index (χ1n) is 10.9. The van der Waals surface area contributed by atoms with Crippen molar-refractivity contribution < 1.29 is 19.4 Å². The normalized spacial score (nSPS) is 15.4. The predicted octanol–water partition coefficient (Wildman–Crippen LogP) is 2.99. The summed E-state index contributed by atoms with van der Waals surface area (Å²) in [4.78, 5) is 31.1. The van der Waals surface area contributed by atoms with Crippen molar-refractivity contribution in [3.8, 4) is 17.6 Å². The maximum absolute atomic E-state index is 13.6. The number of rotatable bonds is 4. The quantitative estimate of drug-likeness (QED) is 0.502. The van der Waals surface area contributed by atoms with Gasteiger partial charge in [0.2, 0.25) is 5.82 Å². The van der Waals surface area contributed by atoms with Crippen LogP contribution in [0.2, 0.25) is 10.0 Å². The van der Waals surface area contributed by atoms with Crippen molar-refractivity contribution in [2.45, 2.75) is 31.9 Å². The van der Waals surface area contributed by atoms with E-state index >= 15 is 0 Å². The van der Waals surface area contributed by atoms with E-state index in [0.717, 1.165) is 0 Å². The number of amides is 2. The van der Waals surface area contributed by atoms with E-state index in [9.17, 15) is 14.7 Å². The predicted molar refractivity (Wildman–Crippen MR) is 135 cm³/mol. The number of aromatic nitrogens is 3. The van der Waals surface area contributed by atoms with E-state index in [4.69, 9.17) is 33.7 Å². The third kappa shape index (κ3) is 5.31. The van der Waals surface area contributed by atoms with Crippen LogP contribution in [-0.2, 0) is 11.2 Å². The number of hydrogen-bond donors (Lipinski definition) is 2. The van der Waals surface area contributed by atoms with Gasteiger partial charge in [-0.2, -0.15) is 0 Å². The molecule has 2 heterocycles. The Morgan fingerprint density at radius 3 is 2.61 bits per heavy atom. The summed E-state index contributed by atoms with van der Waals surface area (Å²) < 4.78 is 7.29. The van der Waals surface area contributed by atoms with Crippen LogP contribution in [0.3, 0.4) is 0 Å². The Labute approximate surface area is 217 Å². The molecule has 1 aromatic heterocycles. The molecule has 4 rings (SSSR count). The third-order valence-corrected chi connectivity index (χ3v) is 6.17. The smallest absolute Gasteiger partial charge is 0.288 e. The molecule has 0 unspecified atom stereocenters. The van der Waals surface area contributed by atoms with Crippen LogP contribution in [0.15, 0.2) is 36.4 Å². The Morgan fingerprint density at radius 2 is 1.97 bits per heavy atom. The van der Waals surface area contributed by atoms with Crippen molar-refractivity contribution in [1.29, 1.82) is 0 Å². The lowest BCUT2D eigenvalue weighted by atomic mass is 10.1. The molecule has 0 fully saturated rings. The van der Waals surface area contributed by atoms with Gasteiger partial charge >= 0.3 is 0 Å². The summed E-state index contributed by atoms with van der Waals surface area (Å²) in [7, 11) is 1.60. The van der Waals surface area contributed by atoms with E-state index in [1.165, 1.54) is 9.58 Å². The number of carbonyl (C=O) groups is 2. The van der Waals surface area contributed by atoms with Crippen LogP contribution in [0, 0.1) is 11.8 Å². The van der Waals surface area contributed by atoms with Gasteiger partial charge in [-0.15, -0.1) is 5.10 Å². The number of halogens is 2. The molecule has 2 aromatic carbocycles. The first kappa shape index (κ1) is 25.5.